The zero-order valence-electron chi connectivity index (χ0n) is 19.5. The average molecular weight is 434 g/mol. The van der Waals surface area contributed by atoms with E-state index in [0.29, 0.717) is 38.4 Å². The highest BCUT2D eigenvalue weighted by Crippen LogP contribution is 2.27. The monoisotopic (exact) mass is 433 g/mol. The van der Waals surface area contributed by atoms with Crippen molar-refractivity contribution in [2.24, 2.45) is 0 Å². The van der Waals surface area contributed by atoms with Crippen LogP contribution in [0.2, 0.25) is 0 Å². The highest BCUT2D eigenvalue weighted by atomic mass is 19.1. The summed E-state index contributed by atoms with van der Waals surface area (Å²) in [6.07, 6.45) is 0.903. The van der Waals surface area contributed by atoms with Crippen LogP contribution >= 0.6 is 0 Å². The first-order valence-electron chi connectivity index (χ1n) is 11.4. The number of benzene rings is 2. The van der Waals surface area contributed by atoms with Crippen molar-refractivity contribution in [2.45, 2.75) is 40.7 Å². The highest BCUT2D eigenvalue weighted by molar-refractivity contribution is 5.95. The van der Waals surface area contributed by atoms with Gasteiger partial charge in [-0.25, -0.2) is 4.39 Å². The van der Waals surface area contributed by atoms with Gasteiger partial charge in [0.15, 0.2) is 0 Å². The van der Waals surface area contributed by atoms with Crippen LogP contribution in [0, 0.1) is 26.6 Å². The predicted molar refractivity (Wildman–Crippen MR) is 128 cm³/mol. The number of piperazine rings is 1. The van der Waals surface area contributed by atoms with Crippen LogP contribution in [-0.2, 0) is 13.0 Å². The van der Waals surface area contributed by atoms with Gasteiger partial charge in [-0.2, -0.15) is 0 Å². The Balaban J connectivity index is 1.59. The van der Waals surface area contributed by atoms with Gasteiger partial charge in [-0.3, -0.25) is 4.79 Å². The third-order valence-electron chi connectivity index (χ3n) is 6.66. The molecule has 5 heteroatoms. The summed E-state index contributed by atoms with van der Waals surface area (Å²) >= 11 is 0. The molecule has 0 spiro atoms. The number of halogens is 1. The maximum Gasteiger partial charge on any atom is 0.270 e. The van der Waals surface area contributed by atoms with E-state index in [1.54, 1.807) is 12.1 Å². The third kappa shape index (κ3) is 4.16. The van der Waals surface area contributed by atoms with Crippen molar-refractivity contribution in [2.75, 3.05) is 31.1 Å². The van der Waals surface area contributed by atoms with Gasteiger partial charge in [-0.15, -0.1) is 0 Å². The van der Waals surface area contributed by atoms with Gasteiger partial charge in [-0.1, -0.05) is 48.9 Å². The minimum absolute atomic E-state index is 0.0751. The molecule has 1 amide bonds. The fraction of sp³-hybridized carbons (Fsp3) is 0.370. The van der Waals surface area contributed by atoms with E-state index in [9.17, 15) is 9.18 Å². The Morgan fingerprint density at radius 1 is 0.969 bits per heavy atom. The van der Waals surface area contributed by atoms with Crippen LogP contribution in [0.25, 0.3) is 0 Å². The van der Waals surface area contributed by atoms with Gasteiger partial charge in [0.05, 0.1) is 5.69 Å². The first kappa shape index (κ1) is 22.1. The van der Waals surface area contributed by atoms with Gasteiger partial charge in [-0.05, 0) is 56.0 Å². The number of para-hydroxylation sites is 1. The van der Waals surface area contributed by atoms with Gasteiger partial charge >= 0.3 is 0 Å². The molecule has 0 saturated carbocycles. The predicted octanol–water partition coefficient (Wildman–Crippen LogP) is 5.13. The van der Waals surface area contributed by atoms with Crippen LogP contribution < -0.4 is 4.90 Å². The Morgan fingerprint density at radius 3 is 2.34 bits per heavy atom. The van der Waals surface area contributed by atoms with E-state index in [-0.39, 0.29) is 11.7 Å². The fourth-order valence-corrected chi connectivity index (χ4v) is 4.94. The molecule has 1 fully saturated rings. The summed E-state index contributed by atoms with van der Waals surface area (Å²) in [6.45, 7) is 11.5. The van der Waals surface area contributed by atoms with Gasteiger partial charge in [0.2, 0.25) is 0 Å². The Kier molecular flexibility index (Phi) is 6.35. The maximum atomic E-state index is 14.2. The molecule has 4 rings (SSSR count). The number of hydrogen-bond acceptors (Lipinski definition) is 2. The molecule has 0 aliphatic carbocycles. The molecule has 1 saturated heterocycles. The van der Waals surface area contributed by atoms with Crippen LogP contribution in [0.1, 0.15) is 45.4 Å². The number of nitrogens with zero attached hydrogens (tertiary/aromatic N) is 3. The first-order valence-corrected chi connectivity index (χ1v) is 11.4. The second-order valence-corrected chi connectivity index (χ2v) is 8.70. The van der Waals surface area contributed by atoms with E-state index in [1.165, 1.54) is 28.5 Å². The Bertz CT molecular complexity index is 1130. The Labute approximate surface area is 190 Å². The molecule has 2 aromatic carbocycles. The molecule has 3 aromatic rings. The van der Waals surface area contributed by atoms with E-state index in [0.717, 1.165) is 17.7 Å². The van der Waals surface area contributed by atoms with Gasteiger partial charge in [0, 0.05) is 38.4 Å². The summed E-state index contributed by atoms with van der Waals surface area (Å²) in [5, 5.41) is 0. The van der Waals surface area contributed by atoms with E-state index < -0.39 is 0 Å². The highest BCUT2D eigenvalue weighted by Gasteiger charge is 2.29. The second-order valence-electron chi connectivity index (χ2n) is 8.70. The average Bonchev–Trinajstić information content (AvgIpc) is 3.02. The zero-order valence-corrected chi connectivity index (χ0v) is 19.5. The topological polar surface area (TPSA) is 28.5 Å². The fourth-order valence-electron chi connectivity index (χ4n) is 4.94. The molecule has 0 unspecified atom stereocenters. The molecule has 1 aliphatic heterocycles. The van der Waals surface area contributed by atoms with Gasteiger partial charge in [0.25, 0.3) is 5.91 Å². The molecule has 0 bridgehead atoms. The molecular weight excluding hydrogens is 401 g/mol. The molecule has 4 nitrogen and oxygen atoms in total. The number of carbonyl (C=O) groups is 1. The smallest absolute Gasteiger partial charge is 0.270 e. The molecule has 0 atom stereocenters. The van der Waals surface area contributed by atoms with Crippen LogP contribution in [0.5, 0.6) is 0 Å². The van der Waals surface area contributed by atoms with E-state index in [2.05, 4.69) is 56.5 Å². The van der Waals surface area contributed by atoms with Crippen molar-refractivity contribution in [1.29, 1.82) is 0 Å². The number of carbonyl (C=O) groups excluding carboxylic acids is 1. The van der Waals surface area contributed by atoms with Crippen molar-refractivity contribution < 1.29 is 9.18 Å². The Hall–Kier alpha value is -3.08. The largest absolute Gasteiger partial charge is 0.366 e. The summed E-state index contributed by atoms with van der Waals surface area (Å²) < 4.78 is 16.4. The summed E-state index contributed by atoms with van der Waals surface area (Å²) in [5.74, 6) is -0.135. The number of amides is 1. The van der Waals surface area contributed by atoms with Crippen molar-refractivity contribution in [3.05, 3.63) is 88.0 Å². The van der Waals surface area contributed by atoms with Gasteiger partial charge in [0.1, 0.15) is 11.5 Å². The summed E-state index contributed by atoms with van der Waals surface area (Å²) in [7, 11) is 0. The first-order chi connectivity index (χ1) is 15.4. The number of anilines is 1. The lowest BCUT2D eigenvalue weighted by Gasteiger charge is -2.36. The van der Waals surface area contributed by atoms with Crippen LogP contribution in [0.3, 0.4) is 0 Å². The zero-order chi connectivity index (χ0) is 22.8. The number of aryl methyl sites for hydroxylation is 1. The van der Waals surface area contributed by atoms with Crippen molar-refractivity contribution in [3.63, 3.8) is 0 Å². The molecule has 1 aliphatic rings. The quantitative estimate of drug-likeness (QED) is 0.558. The summed E-state index contributed by atoms with van der Waals surface area (Å²) in [6, 6.07) is 15.3. The number of rotatable bonds is 5. The van der Waals surface area contributed by atoms with Crippen LogP contribution in [0.15, 0.2) is 48.5 Å². The molecule has 32 heavy (non-hydrogen) atoms. The molecule has 0 N–H and O–H groups in total. The van der Waals surface area contributed by atoms with Crippen LogP contribution in [0.4, 0.5) is 10.1 Å². The van der Waals surface area contributed by atoms with Crippen molar-refractivity contribution >= 4 is 11.6 Å². The minimum Gasteiger partial charge on any atom is -0.366 e. The van der Waals surface area contributed by atoms with E-state index >= 15 is 0 Å². The molecule has 0 radical (unpaired) electrons. The third-order valence-corrected chi connectivity index (χ3v) is 6.66. The lowest BCUT2D eigenvalue weighted by atomic mass is 10.1. The summed E-state index contributed by atoms with van der Waals surface area (Å²) in [5.41, 5.74) is 7.33. The minimum atomic E-state index is -0.210. The molecular formula is C27H32FN3O. The van der Waals surface area contributed by atoms with Crippen molar-refractivity contribution in [3.8, 4) is 0 Å². The number of hydrogen-bond donors (Lipinski definition) is 0. The Morgan fingerprint density at radius 2 is 1.69 bits per heavy atom. The second kappa shape index (κ2) is 9.19. The lowest BCUT2D eigenvalue weighted by Crippen LogP contribution is -2.49. The SMILES string of the molecule is CCc1c(C)c(C(=O)N2CCN(c3ccccc3F)CC2)n(Cc2cccc(C)c2)c1C. The van der Waals surface area contributed by atoms with E-state index in [1.807, 2.05) is 15.9 Å². The van der Waals surface area contributed by atoms with Crippen LogP contribution in [-0.4, -0.2) is 41.6 Å². The molecule has 168 valence electrons. The maximum absolute atomic E-state index is 14.2. The van der Waals surface area contributed by atoms with Gasteiger partial charge < -0.3 is 14.4 Å². The van der Waals surface area contributed by atoms with Crippen molar-refractivity contribution in [1.82, 2.24) is 9.47 Å². The normalized spacial score (nSPS) is 14.2. The summed E-state index contributed by atoms with van der Waals surface area (Å²) in [4.78, 5) is 17.7. The van der Waals surface area contributed by atoms with E-state index in [4.69, 9.17) is 0 Å². The molecule has 2 heterocycles. The lowest BCUT2D eigenvalue weighted by molar-refractivity contribution is 0.0735. The standard InChI is InChI=1S/C27H32FN3O/c1-5-23-20(3)26(31(21(23)4)18-22-10-8-9-19(2)17-22)27(32)30-15-13-29(14-16-30)25-12-7-6-11-24(25)28/h6-12,17H,5,13-16,18H2,1-4H3. The molecule has 1 aromatic heterocycles. The number of aromatic nitrogens is 1.